The molecular weight excluding hydrogens is 242 g/mol. The number of hydrogen-bond donors (Lipinski definition) is 2. The van der Waals surface area contributed by atoms with Gasteiger partial charge in [-0.2, -0.15) is 5.26 Å². The highest BCUT2D eigenvalue weighted by Gasteiger charge is 2.19. The minimum Gasteiger partial charge on any atom is -0.396 e. The van der Waals surface area contributed by atoms with Gasteiger partial charge in [-0.15, -0.1) is 0 Å². The van der Waals surface area contributed by atoms with E-state index in [1.54, 1.807) is 4.90 Å². The van der Waals surface area contributed by atoms with Gasteiger partial charge in [-0.25, -0.2) is 0 Å². The lowest BCUT2D eigenvalue weighted by Crippen LogP contribution is -2.36. The third-order valence-corrected chi connectivity index (χ3v) is 3.22. The number of nitrogens with one attached hydrogen (secondary N) is 1. The second-order valence-corrected chi connectivity index (χ2v) is 4.76. The van der Waals surface area contributed by atoms with E-state index in [2.05, 4.69) is 5.32 Å². The molecular formula is C14H23N3O2. The summed E-state index contributed by atoms with van der Waals surface area (Å²) < 4.78 is 0. The molecule has 0 aromatic heterocycles. The van der Waals surface area contributed by atoms with Gasteiger partial charge in [-0.05, 0) is 38.5 Å². The molecule has 0 aromatic carbocycles. The third-order valence-electron chi connectivity index (χ3n) is 3.22. The molecule has 1 rings (SSSR count). The van der Waals surface area contributed by atoms with E-state index >= 15 is 0 Å². The Morgan fingerprint density at radius 1 is 1.26 bits per heavy atom. The molecule has 0 atom stereocenters. The summed E-state index contributed by atoms with van der Waals surface area (Å²) in [5.41, 5.74) is 0.184. The van der Waals surface area contributed by atoms with Gasteiger partial charge in [0.15, 0.2) is 0 Å². The first kappa shape index (κ1) is 15.5. The lowest BCUT2D eigenvalue weighted by molar-refractivity contribution is -0.127. The molecule has 0 spiro atoms. The lowest BCUT2D eigenvalue weighted by atomic mass is 10.1. The second-order valence-electron chi connectivity index (χ2n) is 4.76. The number of hydrogen-bond acceptors (Lipinski definition) is 4. The zero-order valence-corrected chi connectivity index (χ0v) is 11.4. The van der Waals surface area contributed by atoms with Crippen LogP contribution in [0.25, 0.3) is 0 Å². The Labute approximate surface area is 114 Å². The fraction of sp³-hybridized carbons (Fsp3) is 0.714. The van der Waals surface area contributed by atoms with Crippen molar-refractivity contribution in [2.45, 2.75) is 38.5 Å². The molecule has 2 N–H and O–H groups in total. The van der Waals surface area contributed by atoms with Gasteiger partial charge in [-0.1, -0.05) is 0 Å². The van der Waals surface area contributed by atoms with Crippen molar-refractivity contribution in [3.63, 3.8) is 0 Å². The summed E-state index contributed by atoms with van der Waals surface area (Å²) in [5.74, 6) is -0.162. The van der Waals surface area contributed by atoms with Gasteiger partial charge >= 0.3 is 0 Å². The number of piperidine rings is 1. The molecule has 19 heavy (non-hydrogen) atoms. The predicted octanol–water partition coefficient (Wildman–Crippen LogP) is 1.16. The topological polar surface area (TPSA) is 76.4 Å². The van der Waals surface area contributed by atoms with Crippen molar-refractivity contribution in [2.24, 2.45) is 0 Å². The van der Waals surface area contributed by atoms with Crippen molar-refractivity contribution in [3.8, 4) is 6.07 Å². The van der Waals surface area contributed by atoms with Crippen LogP contribution in [0, 0.1) is 11.3 Å². The van der Waals surface area contributed by atoms with Crippen LogP contribution in [-0.2, 0) is 4.79 Å². The van der Waals surface area contributed by atoms with Gasteiger partial charge in [0.05, 0.1) is 0 Å². The predicted molar refractivity (Wildman–Crippen MR) is 73.1 cm³/mol. The van der Waals surface area contributed by atoms with Crippen molar-refractivity contribution in [3.05, 3.63) is 11.8 Å². The van der Waals surface area contributed by atoms with Crippen LogP contribution < -0.4 is 5.32 Å². The van der Waals surface area contributed by atoms with Gasteiger partial charge in [0, 0.05) is 32.4 Å². The van der Waals surface area contributed by atoms with Crippen molar-refractivity contribution < 1.29 is 9.90 Å². The van der Waals surface area contributed by atoms with Crippen molar-refractivity contribution in [2.75, 3.05) is 26.2 Å². The van der Waals surface area contributed by atoms with Crippen molar-refractivity contribution >= 4 is 5.91 Å². The monoisotopic (exact) mass is 265 g/mol. The number of carbonyl (C=O) groups excluding carboxylic acids is 1. The highest BCUT2D eigenvalue weighted by molar-refractivity contribution is 5.97. The molecule has 1 aliphatic rings. The Bertz CT molecular complexity index is 341. The number of aliphatic hydroxyl groups is 1. The number of amides is 1. The standard InChI is InChI=1S/C14H23N3O2/c15-11-13(12-16-7-3-1-6-10-18)14(19)17-8-4-2-5-9-17/h12,16,18H,1-10H2/b13-12-. The maximum atomic E-state index is 12.1. The van der Waals surface area contributed by atoms with Crippen LogP contribution in [0.1, 0.15) is 38.5 Å². The van der Waals surface area contributed by atoms with Gasteiger partial charge in [-0.3, -0.25) is 4.79 Å². The number of aliphatic hydroxyl groups excluding tert-OH is 1. The zero-order chi connectivity index (χ0) is 13.9. The van der Waals surface area contributed by atoms with Gasteiger partial charge in [0.1, 0.15) is 11.6 Å². The van der Waals surface area contributed by atoms with Gasteiger partial charge in [0.25, 0.3) is 5.91 Å². The molecule has 5 nitrogen and oxygen atoms in total. The average Bonchev–Trinajstić information content (AvgIpc) is 2.47. The Morgan fingerprint density at radius 2 is 2.00 bits per heavy atom. The zero-order valence-electron chi connectivity index (χ0n) is 11.4. The number of likely N-dealkylation sites (tertiary alicyclic amines) is 1. The molecule has 1 heterocycles. The molecule has 1 saturated heterocycles. The van der Waals surface area contributed by atoms with Crippen LogP contribution in [0.5, 0.6) is 0 Å². The molecule has 0 aromatic rings. The van der Waals surface area contributed by atoms with E-state index in [1.807, 2.05) is 6.07 Å². The van der Waals surface area contributed by atoms with Crippen LogP contribution >= 0.6 is 0 Å². The molecule has 0 radical (unpaired) electrons. The van der Waals surface area contributed by atoms with E-state index in [4.69, 9.17) is 10.4 Å². The minimum atomic E-state index is -0.162. The molecule has 106 valence electrons. The molecule has 0 saturated carbocycles. The summed E-state index contributed by atoms with van der Waals surface area (Å²) in [7, 11) is 0. The molecule has 0 unspecified atom stereocenters. The first-order valence-electron chi connectivity index (χ1n) is 7.03. The van der Waals surface area contributed by atoms with Gasteiger partial charge < -0.3 is 15.3 Å². The fourth-order valence-corrected chi connectivity index (χ4v) is 2.10. The first-order chi connectivity index (χ1) is 9.29. The second kappa shape index (κ2) is 9.40. The molecule has 0 bridgehead atoms. The first-order valence-corrected chi connectivity index (χ1v) is 7.03. The quantitative estimate of drug-likeness (QED) is 0.411. The Hall–Kier alpha value is -1.54. The summed E-state index contributed by atoms with van der Waals surface area (Å²) in [4.78, 5) is 13.8. The number of rotatable bonds is 7. The maximum absolute atomic E-state index is 12.1. The van der Waals surface area contributed by atoms with Crippen LogP contribution in [-0.4, -0.2) is 42.2 Å². The van der Waals surface area contributed by atoms with E-state index in [1.165, 1.54) is 12.6 Å². The SMILES string of the molecule is N#C/C(=C/NCCCCCO)C(=O)N1CCCCC1. The normalized spacial score (nSPS) is 16.0. The van der Waals surface area contributed by atoms with E-state index in [0.717, 1.165) is 51.7 Å². The van der Waals surface area contributed by atoms with E-state index in [9.17, 15) is 4.79 Å². The van der Waals surface area contributed by atoms with E-state index in [-0.39, 0.29) is 18.1 Å². The van der Waals surface area contributed by atoms with E-state index < -0.39 is 0 Å². The number of carbonyl (C=O) groups is 1. The highest BCUT2D eigenvalue weighted by Crippen LogP contribution is 2.11. The maximum Gasteiger partial charge on any atom is 0.265 e. The smallest absolute Gasteiger partial charge is 0.265 e. The average molecular weight is 265 g/mol. The highest BCUT2D eigenvalue weighted by atomic mass is 16.2. The van der Waals surface area contributed by atoms with Crippen molar-refractivity contribution in [1.29, 1.82) is 5.26 Å². The van der Waals surface area contributed by atoms with Crippen LogP contribution in [0.3, 0.4) is 0 Å². The lowest BCUT2D eigenvalue weighted by Gasteiger charge is -2.26. The largest absolute Gasteiger partial charge is 0.396 e. The summed E-state index contributed by atoms with van der Waals surface area (Å²) in [6.07, 6.45) is 7.41. The van der Waals surface area contributed by atoms with Gasteiger partial charge in [0.2, 0.25) is 0 Å². The summed E-state index contributed by atoms with van der Waals surface area (Å²) in [6, 6.07) is 1.97. The Kier molecular flexibility index (Phi) is 7.68. The molecule has 5 heteroatoms. The van der Waals surface area contributed by atoms with Crippen LogP contribution in [0.15, 0.2) is 11.8 Å². The van der Waals surface area contributed by atoms with Crippen LogP contribution in [0.2, 0.25) is 0 Å². The molecule has 1 aliphatic heterocycles. The van der Waals surface area contributed by atoms with E-state index in [0.29, 0.717) is 0 Å². The number of nitrogens with zero attached hydrogens (tertiary/aromatic N) is 2. The summed E-state index contributed by atoms with van der Waals surface area (Å²) >= 11 is 0. The van der Waals surface area contributed by atoms with Crippen LogP contribution in [0.4, 0.5) is 0 Å². The number of unbranched alkanes of at least 4 members (excludes halogenated alkanes) is 2. The summed E-state index contributed by atoms with van der Waals surface area (Å²) in [5, 5.41) is 20.7. The number of nitriles is 1. The third kappa shape index (κ3) is 5.75. The van der Waals surface area contributed by atoms with Crippen molar-refractivity contribution in [1.82, 2.24) is 10.2 Å². The Morgan fingerprint density at radius 3 is 2.63 bits per heavy atom. The fourth-order valence-electron chi connectivity index (χ4n) is 2.10. The Balaban J connectivity index is 2.34. The summed E-state index contributed by atoms with van der Waals surface area (Å²) in [6.45, 7) is 2.45. The molecule has 1 fully saturated rings. The molecule has 1 amide bonds. The minimum absolute atomic E-state index is 0.162. The molecule has 0 aliphatic carbocycles.